The zero-order chi connectivity index (χ0) is 22.0. The Balaban J connectivity index is 1.75. The van der Waals surface area contributed by atoms with Crippen LogP contribution in [0.1, 0.15) is 44.2 Å². The van der Waals surface area contributed by atoms with E-state index >= 15 is 0 Å². The number of amides is 3. The number of benzene rings is 2. The molecule has 2 aliphatic rings. The maximum absolute atomic E-state index is 13.5. The molecule has 0 atom stereocenters. The summed E-state index contributed by atoms with van der Waals surface area (Å²) in [7, 11) is 0. The first-order valence-corrected chi connectivity index (χ1v) is 10.8. The largest absolute Gasteiger partial charge is 0.366 e. The lowest BCUT2D eigenvalue weighted by atomic mass is 10.0. The van der Waals surface area contributed by atoms with Gasteiger partial charge in [0.05, 0.1) is 11.3 Å². The number of hydrogen-bond donors (Lipinski definition) is 1. The normalized spacial score (nSPS) is 16.8. The van der Waals surface area contributed by atoms with Gasteiger partial charge in [0.2, 0.25) is 5.91 Å². The molecule has 0 unspecified atom stereocenters. The van der Waals surface area contributed by atoms with Gasteiger partial charge in [-0.25, -0.2) is 4.90 Å². The molecule has 2 aromatic carbocycles. The Morgan fingerprint density at radius 3 is 2.13 bits per heavy atom. The van der Waals surface area contributed by atoms with Gasteiger partial charge in [-0.3, -0.25) is 14.4 Å². The number of nitrogens with zero attached hydrogens (tertiary/aromatic N) is 2. The Labute approximate surface area is 182 Å². The lowest BCUT2D eigenvalue weighted by molar-refractivity contribution is -0.121. The second-order valence-corrected chi connectivity index (χ2v) is 8.00. The molecule has 1 saturated heterocycles. The molecule has 0 aliphatic carbocycles. The first-order valence-electron chi connectivity index (χ1n) is 10.8. The fraction of sp³-hybridized carbons (Fsp3) is 0.320. The molecule has 6 nitrogen and oxygen atoms in total. The van der Waals surface area contributed by atoms with Gasteiger partial charge in [0.25, 0.3) is 11.8 Å². The SMILES string of the molecule is CCc1ccc(N2C(=O)C(c3ccc(NC(C)=O)cc3)=C(N3CCCCC3)C2=O)cc1. The molecular weight excluding hydrogens is 390 g/mol. The van der Waals surface area contributed by atoms with Crippen molar-refractivity contribution in [1.82, 2.24) is 4.90 Å². The second-order valence-electron chi connectivity index (χ2n) is 8.00. The fourth-order valence-corrected chi connectivity index (χ4v) is 4.23. The predicted molar refractivity (Wildman–Crippen MR) is 121 cm³/mol. The summed E-state index contributed by atoms with van der Waals surface area (Å²) in [6.07, 6.45) is 4.04. The topological polar surface area (TPSA) is 69.7 Å². The van der Waals surface area contributed by atoms with Crippen molar-refractivity contribution in [3.05, 3.63) is 65.4 Å². The van der Waals surface area contributed by atoms with Crippen LogP contribution in [0.2, 0.25) is 0 Å². The standard InChI is InChI=1S/C25H27N3O3/c1-3-18-7-13-21(14-8-18)28-24(30)22(19-9-11-20(12-10-19)26-17(2)29)23(25(28)31)27-15-5-4-6-16-27/h7-14H,3-6,15-16H2,1-2H3,(H,26,29). The van der Waals surface area contributed by atoms with Gasteiger partial charge in [-0.15, -0.1) is 0 Å². The Morgan fingerprint density at radius 1 is 0.903 bits per heavy atom. The van der Waals surface area contributed by atoms with E-state index in [1.807, 2.05) is 24.3 Å². The minimum atomic E-state index is -0.304. The van der Waals surface area contributed by atoms with E-state index < -0.39 is 0 Å². The van der Waals surface area contributed by atoms with E-state index in [1.54, 1.807) is 24.3 Å². The summed E-state index contributed by atoms with van der Waals surface area (Å²) in [6.45, 7) is 5.06. The monoisotopic (exact) mass is 417 g/mol. The number of anilines is 2. The molecule has 160 valence electrons. The summed E-state index contributed by atoms with van der Waals surface area (Å²) in [4.78, 5) is 41.7. The molecule has 3 amide bonds. The van der Waals surface area contributed by atoms with E-state index in [1.165, 1.54) is 11.8 Å². The van der Waals surface area contributed by atoms with E-state index in [0.29, 0.717) is 28.2 Å². The van der Waals surface area contributed by atoms with Gasteiger partial charge in [0, 0.05) is 25.7 Å². The van der Waals surface area contributed by atoms with Crippen molar-refractivity contribution in [2.24, 2.45) is 0 Å². The Hall–Kier alpha value is -3.41. The minimum Gasteiger partial charge on any atom is -0.366 e. The first kappa shape index (κ1) is 20.8. The predicted octanol–water partition coefficient (Wildman–Crippen LogP) is 3.98. The third-order valence-corrected chi connectivity index (χ3v) is 5.83. The van der Waals surface area contributed by atoms with Crippen LogP contribution in [0.15, 0.2) is 54.2 Å². The number of rotatable bonds is 5. The molecular formula is C25H27N3O3. The highest BCUT2D eigenvalue weighted by Crippen LogP contribution is 2.36. The molecule has 0 radical (unpaired) electrons. The van der Waals surface area contributed by atoms with Crippen LogP contribution in [0.25, 0.3) is 5.57 Å². The number of likely N-dealkylation sites (tertiary alicyclic amines) is 1. The van der Waals surface area contributed by atoms with Gasteiger partial charge >= 0.3 is 0 Å². The molecule has 0 bridgehead atoms. The Kier molecular flexibility index (Phi) is 5.89. The maximum atomic E-state index is 13.5. The van der Waals surface area contributed by atoms with Crippen LogP contribution >= 0.6 is 0 Å². The Morgan fingerprint density at radius 2 is 1.55 bits per heavy atom. The van der Waals surface area contributed by atoms with Gasteiger partial charge in [0.1, 0.15) is 5.70 Å². The number of hydrogen-bond acceptors (Lipinski definition) is 4. The molecule has 2 heterocycles. The number of piperidine rings is 1. The molecule has 1 fully saturated rings. The Bertz CT molecular complexity index is 1030. The summed E-state index contributed by atoms with van der Waals surface area (Å²) in [5.41, 5.74) is 3.99. The van der Waals surface area contributed by atoms with E-state index in [9.17, 15) is 14.4 Å². The van der Waals surface area contributed by atoms with E-state index in [-0.39, 0.29) is 17.7 Å². The summed E-state index contributed by atoms with van der Waals surface area (Å²) >= 11 is 0. The summed E-state index contributed by atoms with van der Waals surface area (Å²) in [6, 6.07) is 14.7. The van der Waals surface area contributed by atoms with Crippen molar-refractivity contribution in [1.29, 1.82) is 0 Å². The van der Waals surface area contributed by atoms with Crippen LogP contribution in [-0.2, 0) is 20.8 Å². The summed E-state index contributed by atoms with van der Waals surface area (Å²) in [5, 5.41) is 2.73. The molecule has 1 N–H and O–H groups in total. The van der Waals surface area contributed by atoms with Crippen LogP contribution in [0.5, 0.6) is 0 Å². The minimum absolute atomic E-state index is 0.158. The van der Waals surface area contributed by atoms with Crippen molar-refractivity contribution in [3.8, 4) is 0 Å². The van der Waals surface area contributed by atoms with E-state index in [2.05, 4.69) is 17.1 Å². The number of carbonyl (C=O) groups excluding carboxylic acids is 3. The average molecular weight is 418 g/mol. The first-order chi connectivity index (χ1) is 15.0. The fourth-order valence-electron chi connectivity index (χ4n) is 4.23. The molecule has 2 aromatic rings. The lowest BCUT2D eigenvalue weighted by Crippen LogP contribution is -2.37. The van der Waals surface area contributed by atoms with Crippen molar-refractivity contribution < 1.29 is 14.4 Å². The highest BCUT2D eigenvalue weighted by atomic mass is 16.2. The van der Waals surface area contributed by atoms with Gasteiger partial charge in [0.15, 0.2) is 0 Å². The van der Waals surface area contributed by atoms with Crippen LogP contribution in [0.3, 0.4) is 0 Å². The van der Waals surface area contributed by atoms with Crippen LogP contribution in [0, 0.1) is 0 Å². The van der Waals surface area contributed by atoms with Crippen molar-refractivity contribution in [2.75, 3.05) is 23.3 Å². The number of carbonyl (C=O) groups is 3. The summed E-state index contributed by atoms with van der Waals surface area (Å²) < 4.78 is 0. The van der Waals surface area contributed by atoms with Crippen molar-refractivity contribution in [3.63, 3.8) is 0 Å². The molecule has 31 heavy (non-hydrogen) atoms. The van der Waals surface area contributed by atoms with Crippen molar-refractivity contribution >= 4 is 34.7 Å². The van der Waals surface area contributed by atoms with Crippen LogP contribution in [-0.4, -0.2) is 35.7 Å². The highest BCUT2D eigenvalue weighted by Gasteiger charge is 2.42. The molecule has 6 heteroatoms. The second kappa shape index (κ2) is 8.76. The quantitative estimate of drug-likeness (QED) is 0.747. The third kappa shape index (κ3) is 4.10. The third-order valence-electron chi connectivity index (χ3n) is 5.83. The van der Waals surface area contributed by atoms with Crippen LogP contribution < -0.4 is 10.2 Å². The van der Waals surface area contributed by atoms with Gasteiger partial charge in [-0.05, 0) is 61.1 Å². The molecule has 0 aromatic heterocycles. The molecule has 0 spiro atoms. The molecule has 0 saturated carbocycles. The van der Waals surface area contributed by atoms with Crippen molar-refractivity contribution in [2.45, 2.75) is 39.5 Å². The summed E-state index contributed by atoms with van der Waals surface area (Å²) in [5.74, 6) is -0.728. The highest BCUT2D eigenvalue weighted by molar-refractivity contribution is 6.45. The smallest absolute Gasteiger partial charge is 0.282 e. The molecule has 2 aliphatic heterocycles. The van der Waals surface area contributed by atoms with Gasteiger partial charge in [-0.2, -0.15) is 0 Å². The zero-order valence-corrected chi connectivity index (χ0v) is 18.0. The number of imide groups is 1. The number of nitrogens with one attached hydrogen (secondary N) is 1. The van der Waals surface area contributed by atoms with Gasteiger partial charge in [-0.1, -0.05) is 31.2 Å². The lowest BCUT2D eigenvalue weighted by Gasteiger charge is -2.29. The van der Waals surface area contributed by atoms with E-state index in [0.717, 1.165) is 44.3 Å². The average Bonchev–Trinajstić information content (AvgIpc) is 3.04. The molecule has 4 rings (SSSR count). The van der Waals surface area contributed by atoms with Gasteiger partial charge < -0.3 is 10.2 Å². The number of aryl methyl sites for hydroxylation is 1. The maximum Gasteiger partial charge on any atom is 0.282 e. The van der Waals surface area contributed by atoms with E-state index in [4.69, 9.17) is 0 Å². The van der Waals surface area contributed by atoms with Crippen LogP contribution in [0.4, 0.5) is 11.4 Å². The zero-order valence-electron chi connectivity index (χ0n) is 18.0.